The molecule has 3 nitrogen and oxygen atoms in total. The van der Waals surface area contributed by atoms with E-state index in [-0.39, 0.29) is 17.8 Å². The van der Waals surface area contributed by atoms with E-state index in [0.29, 0.717) is 5.56 Å². The Labute approximate surface area is 151 Å². The number of halogens is 4. The predicted octanol–water partition coefficient (Wildman–Crippen LogP) is 5.27. The second kappa shape index (κ2) is 7.08. The molecule has 0 amide bonds. The fourth-order valence-corrected chi connectivity index (χ4v) is 2.76. The summed E-state index contributed by atoms with van der Waals surface area (Å²) in [6, 6.07) is 14.4. The average molecular weight is 372 g/mol. The van der Waals surface area contributed by atoms with Crippen LogP contribution in [-0.2, 0) is 12.7 Å². The number of aromatic nitrogens is 1. The monoisotopic (exact) mass is 372 g/mol. The van der Waals surface area contributed by atoms with Crippen LogP contribution in [0.25, 0.3) is 16.1 Å². The smallest absolute Gasteiger partial charge is 0.313 e. The van der Waals surface area contributed by atoms with Crippen molar-refractivity contribution in [1.29, 1.82) is 0 Å². The highest BCUT2D eigenvalue weighted by atomic mass is 19.4. The summed E-state index contributed by atoms with van der Waals surface area (Å²) in [6.07, 6.45) is -4.86. The lowest BCUT2D eigenvalue weighted by Crippen LogP contribution is -2.25. The maximum atomic E-state index is 14.0. The van der Waals surface area contributed by atoms with Crippen LogP contribution < -0.4 is 5.56 Å². The zero-order valence-electron chi connectivity index (χ0n) is 13.8. The van der Waals surface area contributed by atoms with Gasteiger partial charge in [-0.1, -0.05) is 48.5 Å². The lowest BCUT2D eigenvalue weighted by molar-refractivity contribution is -0.136. The van der Waals surface area contributed by atoms with Crippen LogP contribution in [-0.4, -0.2) is 4.57 Å². The van der Waals surface area contributed by atoms with Gasteiger partial charge in [-0.3, -0.25) is 4.79 Å². The van der Waals surface area contributed by atoms with Crippen molar-refractivity contribution in [2.24, 2.45) is 0 Å². The van der Waals surface area contributed by atoms with Crippen LogP contribution in [0.2, 0.25) is 0 Å². The molecule has 0 fully saturated rings. The summed E-state index contributed by atoms with van der Waals surface area (Å²) < 4.78 is 55.2. The van der Waals surface area contributed by atoms with Crippen molar-refractivity contribution in [3.8, 4) is 11.3 Å². The number of benzene rings is 2. The zero-order chi connectivity index (χ0) is 19.6. The van der Waals surface area contributed by atoms with Crippen LogP contribution in [0.5, 0.6) is 0 Å². The number of nitrogens with zero attached hydrogens (tertiary/aromatic N) is 2. The van der Waals surface area contributed by atoms with Crippen molar-refractivity contribution in [3.63, 3.8) is 0 Å². The minimum atomic E-state index is -4.86. The second-order valence-corrected chi connectivity index (χ2v) is 5.75. The first-order chi connectivity index (χ1) is 12.8. The van der Waals surface area contributed by atoms with E-state index in [9.17, 15) is 22.4 Å². The van der Waals surface area contributed by atoms with Gasteiger partial charge in [0.05, 0.1) is 18.7 Å². The molecule has 0 radical (unpaired) electrons. The highest BCUT2D eigenvalue weighted by Gasteiger charge is 2.36. The van der Waals surface area contributed by atoms with Gasteiger partial charge in [-0.15, -0.1) is 0 Å². The van der Waals surface area contributed by atoms with Gasteiger partial charge in [0.25, 0.3) is 11.2 Å². The molecule has 7 heteroatoms. The summed E-state index contributed by atoms with van der Waals surface area (Å²) in [5.74, 6) is -0.590. The molecule has 1 heterocycles. The molecule has 27 heavy (non-hydrogen) atoms. The van der Waals surface area contributed by atoms with Crippen molar-refractivity contribution >= 4 is 5.69 Å². The van der Waals surface area contributed by atoms with Gasteiger partial charge in [0.2, 0.25) is 0 Å². The molecule has 0 aliphatic carbocycles. The normalized spacial score (nSPS) is 11.2. The standard InChI is InChI=1S/C20H12F4N2O/c1-25-18-15(20(22,23)24)11-17(13-7-3-2-4-8-13)26(19(18)27)12-14-9-5-6-10-16(14)21/h2-11H,12H2. The van der Waals surface area contributed by atoms with Crippen molar-refractivity contribution in [2.75, 3.05) is 0 Å². The zero-order valence-corrected chi connectivity index (χ0v) is 13.8. The van der Waals surface area contributed by atoms with E-state index in [1.54, 1.807) is 36.4 Å². The SMILES string of the molecule is [C-]#[N+]c1c(C(F)(F)F)cc(-c2ccccc2)n(Cc2ccccc2F)c1=O. The number of alkyl halides is 3. The summed E-state index contributed by atoms with van der Waals surface area (Å²) in [7, 11) is 0. The lowest BCUT2D eigenvalue weighted by Gasteiger charge is -2.18. The topological polar surface area (TPSA) is 26.4 Å². The molecular formula is C20H12F4N2O. The van der Waals surface area contributed by atoms with Crippen LogP contribution in [0.1, 0.15) is 11.1 Å². The Morgan fingerprint density at radius 1 is 1.00 bits per heavy atom. The number of hydrogen-bond acceptors (Lipinski definition) is 1. The average Bonchev–Trinajstić information content (AvgIpc) is 2.64. The Balaban J connectivity index is 2.33. The molecule has 0 N–H and O–H groups in total. The third-order valence-electron chi connectivity index (χ3n) is 4.05. The number of rotatable bonds is 3. The largest absolute Gasteiger partial charge is 0.407 e. The first kappa shape index (κ1) is 18.4. The molecule has 0 unspecified atom stereocenters. The summed E-state index contributed by atoms with van der Waals surface area (Å²) in [4.78, 5) is 15.5. The van der Waals surface area contributed by atoms with E-state index in [0.717, 1.165) is 10.6 Å². The lowest BCUT2D eigenvalue weighted by atomic mass is 10.1. The van der Waals surface area contributed by atoms with Crippen LogP contribution in [0.3, 0.4) is 0 Å². The third kappa shape index (κ3) is 3.60. The first-order valence-corrected chi connectivity index (χ1v) is 7.84. The fraction of sp³-hybridized carbons (Fsp3) is 0.100. The molecular weight excluding hydrogens is 360 g/mol. The minimum Gasteiger partial charge on any atom is -0.313 e. The van der Waals surface area contributed by atoms with Gasteiger partial charge < -0.3 is 4.57 Å². The molecule has 0 aliphatic heterocycles. The van der Waals surface area contributed by atoms with E-state index in [1.807, 2.05) is 0 Å². The molecule has 1 aromatic heterocycles. The molecule has 136 valence electrons. The number of pyridine rings is 1. The maximum absolute atomic E-state index is 14.0. The quantitative estimate of drug-likeness (QED) is 0.454. The Morgan fingerprint density at radius 3 is 2.22 bits per heavy atom. The fourth-order valence-electron chi connectivity index (χ4n) is 2.76. The summed E-state index contributed by atoms with van der Waals surface area (Å²) in [5.41, 5.74) is -2.99. The third-order valence-corrected chi connectivity index (χ3v) is 4.05. The summed E-state index contributed by atoms with van der Waals surface area (Å²) in [6.45, 7) is 6.74. The van der Waals surface area contributed by atoms with Crippen molar-refractivity contribution in [3.05, 3.63) is 99.4 Å². The van der Waals surface area contributed by atoms with Gasteiger partial charge in [0.1, 0.15) is 5.82 Å². The molecule has 0 atom stereocenters. The van der Waals surface area contributed by atoms with Gasteiger partial charge in [-0.2, -0.15) is 13.2 Å². The van der Waals surface area contributed by atoms with Gasteiger partial charge in [-0.25, -0.2) is 9.24 Å². The van der Waals surface area contributed by atoms with E-state index in [4.69, 9.17) is 6.57 Å². The molecule has 3 rings (SSSR count). The first-order valence-electron chi connectivity index (χ1n) is 7.84. The van der Waals surface area contributed by atoms with Gasteiger partial charge in [0, 0.05) is 11.3 Å². The molecule has 0 saturated heterocycles. The highest BCUT2D eigenvalue weighted by Crippen LogP contribution is 2.37. The van der Waals surface area contributed by atoms with E-state index >= 15 is 0 Å². The van der Waals surface area contributed by atoms with Crippen molar-refractivity contribution in [1.82, 2.24) is 4.57 Å². The Bertz CT molecular complexity index is 1080. The second-order valence-electron chi connectivity index (χ2n) is 5.75. The Morgan fingerprint density at radius 2 is 1.63 bits per heavy atom. The van der Waals surface area contributed by atoms with Crippen LogP contribution in [0.15, 0.2) is 65.5 Å². The maximum Gasteiger partial charge on any atom is 0.407 e. The molecule has 2 aromatic carbocycles. The predicted molar refractivity (Wildman–Crippen MR) is 92.9 cm³/mol. The molecule has 0 bridgehead atoms. The molecule has 3 aromatic rings. The molecule has 0 aliphatic rings. The van der Waals surface area contributed by atoms with Crippen molar-refractivity contribution < 1.29 is 17.6 Å². The summed E-state index contributed by atoms with van der Waals surface area (Å²) in [5, 5.41) is 0. The Kier molecular flexibility index (Phi) is 4.82. The van der Waals surface area contributed by atoms with E-state index in [2.05, 4.69) is 4.85 Å². The van der Waals surface area contributed by atoms with Gasteiger partial charge in [0.15, 0.2) is 0 Å². The highest BCUT2D eigenvalue weighted by molar-refractivity contribution is 5.66. The van der Waals surface area contributed by atoms with Gasteiger partial charge in [-0.05, 0) is 17.7 Å². The summed E-state index contributed by atoms with van der Waals surface area (Å²) >= 11 is 0. The van der Waals surface area contributed by atoms with Gasteiger partial charge >= 0.3 is 6.18 Å². The van der Waals surface area contributed by atoms with Crippen LogP contribution in [0.4, 0.5) is 23.2 Å². The van der Waals surface area contributed by atoms with Crippen molar-refractivity contribution in [2.45, 2.75) is 12.7 Å². The minimum absolute atomic E-state index is 0.0384. The Hall–Kier alpha value is -3.40. The molecule has 0 saturated carbocycles. The van der Waals surface area contributed by atoms with Crippen LogP contribution >= 0.6 is 0 Å². The van der Waals surface area contributed by atoms with Crippen LogP contribution in [0, 0.1) is 12.4 Å². The van der Waals surface area contributed by atoms with E-state index in [1.165, 1.54) is 18.2 Å². The van der Waals surface area contributed by atoms with E-state index < -0.39 is 28.8 Å². The number of hydrogen-bond donors (Lipinski definition) is 0. The molecule has 0 spiro atoms.